The molecule has 5 nitrogen and oxygen atoms in total. The lowest BCUT2D eigenvalue weighted by molar-refractivity contribution is 1.13. The highest BCUT2D eigenvalue weighted by atomic mass is 15.0. The van der Waals surface area contributed by atoms with Gasteiger partial charge in [-0.2, -0.15) is 5.26 Å². The first-order valence-corrected chi connectivity index (χ1v) is 15.2. The van der Waals surface area contributed by atoms with Gasteiger partial charge < -0.3 is 9.13 Å². The van der Waals surface area contributed by atoms with Gasteiger partial charge >= 0.3 is 0 Å². The summed E-state index contributed by atoms with van der Waals surface area (Å²) >= 11 is 0. The molecule has 0 aliphatic carbocycles. The molecule has 0 spiro atoms. The van der Waals surface area contributed by atoms with Crippen molar-refractivity contribution in [1.29, 1.82) is 5.26 Å². The van der Waals surface area contributed by atoms with Crippen LogP contribution in [-0.2, 0) is 0 Å². The Morgan fingerprint density at radius 3 is 1.50 bits per heavy atom. The lowest BCUT2D eigenvalue weighted by atomic mass is 10.0. The molecule has 5 heteroatoms. The molecule has 0 saturated carbocycles. The van der Waals surface area contributed by atoms with Gasteiger partial charge in [-0.3, -0.25) is 4.98 Å². The van der Waals surface area contributed by atoms with Gasteiger partial charge in [-0.1, -0.05) is 84.9 Å². The van der Waals surface area contributed by atoms with E-state index >= 15 is 0 Å². The third-order valence-electron chi connectivity index (χ3n) is 8.84. The van der Waals surface area contributed by atoms with Crippen molar-refractivity contribution in [3.05, 3.63) is 157 Å². The zero-order valence-electron chi connectivity index (χ0n) is 24.7. The Hall–Kier alpha value is -6.51. The minimum Gasteiger partial charge on any atom is -0.309 e. The number of hydrogen-bond acceptors (Lipinski definition) is 3. The third-order valence-corrected chi connectivity index (χ3v) is 8.84. The molecule has 0 bridgehead atoms. The van der Waals surface area contributed by atoms with E-state index in [1.807, 2.05) is 42.6 Å². The molecule has 0 fully saturated rings. The van der Waals surface area contributed by atoms with Crippen LogP contribution in [0.4, 0.5) is 0 Å². The lowest BCUT2D eigenvalue weighted by Gasteiger charge is -2.16. The molecule has 214 valence electrons. The quantitative estimate of drug-likeness (QED) is 0.206. The average Bonchev–Trinajstić information content (AvgIpc) is 3.64. The number of hydrogen-bond donors (Lipinski definition) is 0. The third kappa shape index (κ3) is 3.81. The number of fused-ring (bicyclic) bond motifs is 6. The Morgan fingerprint density at radius 1 is 0.457 bits per heavy atom. The summed E-state index contributed by atoms with van der Waals surface area (Å²) in [5.74, 6) is 0. The average molecular weight is 588 g/mol. The highest BCUT2D eigenvalue weighted by molar-refractivity contribution is 6.10. The van der Waals surface area contributed by atoms with Gasteiger partial charge in [0.25, 0.3) is 0 Å². The van der Waals surface area contributed by atoms with Crippen LogP contribution >= 0.6 is 0 Å². The molecule has 46 heavy (non-hydrogen) atoms. The van der Waals surface area contributed by atoms with Crippen molar-refractivity contribution in [2.45, 2.75) is 0 Å². The molecule has 5 aromatic carbocycles. The number of nitrogens with zero attached hydrogens (tertiary/aromatic N) is 5. The van der Waals surface area contributed by atoms with E-state index in [0.717, 1.165) is 61.2 Å². The second-order valence-corrected chi connectivity index (χ2v) is 11.3. The zero-order valence-corrected chi connectivity index (χ0v) is 24.7. The van der Waals surface area contributed by atoms with Crippen LogP contribution in [0.5, 0.6) is 0 Å². The van der Waals surface area contributed by atoms with E-state index in [9.17, 15) is 5.26 Å². The number of pyridine rings is 2. The van der Waals surface area contributed by atoms with Gasteiger partial charge in [-0.05, 0) is 60.7 Å². The van der Waals surface area contributed by atoms with Crippen molar-refractivity contribution >= 4 is 43.6 Å². The lowest BCUT2D eigenvalue weighted by Crippen LogP contribution is -2.02. The highest BCUT2D eigenvalue weighted by Crippen LogP contribution is 2.39. The molecule has 0 amide bonds. The summed E-state index contributed by atoms with van der Waals surface area (Å²) in [6, 6.07) is 52.2. The summed E-state index contributed by atoms with van der Waals surface area (Å²) in [5, 5.41) is 15.1. The maximum absolute atomic E-state index is 10.4. The predicted molar refractivity (Wildman–Crippen MR) is 186 cm³/mol. The largest absolute Gasteiger partial charge is 0.309 e. The maximum atomic E-state index is 10.4. The van der Waals surface area contributed by atoms with Crippen LogP contribution in [0.25, 0.3) is 77.6 Å². The van der Waals surface area contributed by atoms with Gasteiger partial charge in [0.1, 0.15) is 5.69 Å². The van der Waals surface area contributed by atoms with Crippen LogP contribution < -0.4 is 0 Å². The van der Waals surface area contributed by atoms with Crippen LogP contribution in [0.1, 0.15) is 5.56 Å². The maximum Gasteiger partial charge on any atom is 0.113 e. The fourth-order valence-corrected chi connectivity index (χ4v) is 6.93. The van der Waals surface area contributed by atoms with E-state index in [4.69, 9.17) is 9.97 Å². The molecule has 0 radical (unpaired) electrons. The first-order chi connectivity index (χ1) is 22.8. The summed E-state index contributed by atoms with van der Waals surface area (Å²) in [5.41, 5.74) is 9.79. The molecule has 0 N–H and O–H groups in total. The molecule has 4 aromatic heterocycles. The number of nitriles is 1. The molecule has 0 unspecified atom stereocenters. The Bertz CT molecular complexity index is 2560. The van der Waals surface area contributed by atoms with E-state index in [2.05, 4.69) is 124 Å². The monoisotopic (exact) mass is 587 g/mol. The van der Waals surface area contributed by atoms with Crippen molar-refractivity contribution in [1.82, 2.24) is 19.1 Å². The fourth-order valence-electron chi connectivity index (χ4n) is 6.93. The molecule has 9 rings (SSSR count). The van der Waals surface area contributed by atoms with Crippen LogP contribution in [0, 0.1) is 11.3 Å². The Kier molecular flexibility index (Phi) is 5.81. The van der Waals surface area contributed by atoms with E-state index in [-0.39, 0.29) is 0 Å². The van der Waals surface area contributed by atoms with E-state index in [1.165, 1.54) is 10.8 Å². The van der Waals surface area contributed by atoms with Crippen LogP contribution in [-0.4, -0.2) is 19.1 Å². The van der Waals surface area contributed by atoms with Crippen LogP contribution in [0.2, 0.25) is 0 Å². The molecular weight excluding hydrogens is 562 g/mol. The number of benzene rings is 5. The molecule has 0 aliphatic rings. The minimum atomic E-state index is 0.563. The second-order valence-electron chi connectivity index (χ2n) is 11.3. The Morgan fingerprint density at radius 2 is 0.935 bits per heavy atom. The van der Waals surface area contributed by atoms with Gasteiger partial charge in [0.05, 0.1) is 56.5 Å². The molecule has 0 atom stereocenters. The molecule has 0 aliphatic heterocycles. The Labute approximate surface area is 264 Å². The molecule has 9 aromatic rings. The number of rotatable bonds is 4. The van der Waals surface area contributed by atoms with Crippen molar-refractivity contribution in [2.75, 3.05) is 0 Å². The predicted octanol–water partition coefficient (Wildman–Crippen LogP) is 9.88. The van der Waals surface area contributed by atoms with Crippen LogP contribution in [0.3, 0.4) is 0 Å². The number of aromatic nitrogens is 4. The summed E-state index contributed by atoms with van der Waals surface area (Å²) in [7, 11) is 0. The first-order valence-electron chi connectivity index (χ1n) is 15.2. The van der Waals surface area contributed by atoms with E-state index in [0.29, 0.717) is 11.3 Å². The van der Waals surface area contributed by atoms with E-state index in [1.54, 1.807) is 0 Å². The summed E-state index contributed by atoms with van der Waals surface area (Å²) in [6.45, 7) is 0. The molecule has 4 heterocycles. The highest BCUT2D eigenvalue weighted by Gasteiger charge is 2.21. The van der Waals surface area contributed by atoms with Crippen molar-refractivity contribution < 1.29 is 0 Å². The smallest absolute Gasteiger partial charge is 0.113 e. The zero-order chi connectivity index (χ0) is 30.6. The summed E-state index contributed by atoms with van der Waals surface area (Å²) < 4.78 is 4.52. The minimum absolute atomic E-state index is 0.563. The normalized spacial score (nSPS) is 11.5. The second kappa shape index (κ2) is 10.3. The van der Waals surface area contributed by atoms with Gasteiger partial charge in [-0.15, -0.1) is 0 Å². The Balaban J connectivity index is 1.29. The van der Waals surface area contributed by atoms with Crippen LogP contribution in [0.15, 0.2) is 152 Å². The molecule has 0 saturated heterocycles. The first kappa shape index (κ1) is 25.9. The van der Waals surface area contributed by atoms with Gasteiger partial charge in [0.15, 0.2) is 0 Å². The van der Waals surface area contributed by atoms with E-state index < -0.39 is 0 Å². The molecular formula is C41H25N5. The standard InChI is InChI=1S/C41H25N5/c42-26-27-12-9-23-38(45-34-19-5-1-13-28(34)29-14-2-6-20-35(29)45)40(27)32-17-10-18-33(44-32)41-39(24-11-25-43-41)46-36-21-7-3-15-30(36)31-16-4-8-22-37(31)46/h1-25H. The van der Waals surface area contributed by atoms with Gasteiger partial charge in [0, 0.05) is 33.3 Å². The van der Waals surface area contributed by atoms with Crippen molar-refractivity contribution in [3.63, 3.8) is 0 Å². The summed E-state index contributed by atoms with van der Waals surface area (Å²) in [4.78, 5) is 10.1. The topological polar surface area (TPSA) is 59.4 Å². The van der Waals surface area contributed by atoms with Gasteiger partial charge in [0.2, 0.25) is 0 Å². The SMILES string of the molecule is N#Cc1cccc(-n2c3ccccc3c3ccccc32)c1-c1cccc(-c2ncccc2-n2c3ccccc3c3ccccc32)n1. The fraction of sp³-hybridized carbons (Fsp3) is 0. The van der Waals surface area contributed by atoms with Gasteiger partial charge in [-0.25, -0.2) is 4.98 Å². The van der Waals surface area contributed by atoms with Crippen molar-refractivity contribution in [3.8, 4) is 40.1 Å². The van der Waals surface area contributed by atoms with Crippen molar-refractivity contribution in [2.24, 2.45) is 0 Å². The summed E-state index contributed by atoms with van der Waals surface area (Å²) in [6.07, 6.45) is 1.81. The number of para-hydroxylation sites is 4.